The van der Waals surface area contributed by atoms with E-state index >= 15 is 0 Å². The van der Waals surface area contributed by atoms with E-state index in [-0.39, 0.29) is 12.6 Å². The van der Waals surface area contributed by atoms with Crippen molar-refractivity contribution in [2.24, 2.45) is 0 Å². The average Bonchev–Trinajstić information content (AvgIpc) is 2.13. The Hall–Kier alpha value is -0.360. The minimum Gasteiger partial charge on any atom is -0.466 e. The molecule has 14 heavy (non-hydrogen) atoms. The molecule has 1 rings (SSSR count). The van der Waals surface area contributed by atoms with Gasteiger partial charge in [0.2, 0.25) is 0 Å². The molecule has 0 aliphatic rings. The molecule has 0 saturated heterocycles. The molecular weight excluding hydrogens is 298 g/mol. The van der Waals surface area contributed by atoms with Gasteiger partial charge in [0, 0.05) is 12.7 Å². The highest BCUT2D eigenvalue weighted by Gasteiger charge is 2.06. The lowest BCUT2D eigenvalue weighted by atomic mass is 10.2. The molecule has 0 fully saturated rings. The number of hydrogen-bond acceptors (Lipinski definition) is 2. The third kappa shape index (κ3) is 3.09. The quantitative estimate of drug-likeness (QED) is 0.483. The second-order valence-corrected chi connectivity index (χ2v) is 3.87. The number of rotatable bonds is 4. The van der Waals surface area contributed by atoms with E-state index in [1.807, 2.05) is 13.8 Å². The van der Waals surface area contributed by atoms with Crippen LogP contribution in [0.1, 0.15) is 12.5 Å². The van der Waals surface area contributed by atoms with Crippen LogP contribution in [0.5, 0.6) is 5.75 Å². The van der Waals surface area contributed by atoms with Gasteiger partial charge in [0.05, 0.1) is 3.57 Å². The summed E-state index contributed by atoms with van der Waals surface area (Å²) in [5, 5.41) is 0. The van der Waals surface area contributed by atoms with Gasteiger partial charge in [-0.1, -0.05) is 0 Å². The molecule has 78 valence electrons. The Morgan fingerprint density at radius 3 is 2.79 bits per heavy atom. The predicted octanol–water partition coefficient (Wildman–Crippen LogP) is 3.11. The normalized spacial score (nSPS) is 10.3. The van der Waals surface area contributed by atoms with E-state index in [2.05, 4.69) is 22.6 Å². The van der Waals surface area contributed by atoms with Crippen molar-refractivity contribution in [3.8, 4) is 5.75 Å². The lowest BCUT2D eigenvalue weighted by molar-refractivity contribution is 0.0217. The minimum atomic E-state index is -0.283. The van der Waals surface area contributed by atoms with Gasteiger partial charge in [-0.3, -0.25) is 0 Å². The van der Waals surface area contributed by atoms with E-state index < -0.39 is 0 Å². The van der Waals surface area contributed by atoms with Gasteiger partial charge in [-0.2, -0.15) is 0 Å². The van der Waals surface area contributed by atoms with E-state index in [4.69, 9.17) is 9.47 Å². The van der Waals surface area contributed by atoms with Crippen LogP contribution in [0.25, 0.3) is 0 Å². The summed E-state index contributed by atoms with van der Waals surface area (Å²) in [4.78, 5) is 0. The molecule has 4 heteroatoms. The van der Waals surface area contributed by atoms with Crippen molar-refractivity contribution in [1.29, 1.82) is 0 Å². The van der Waals surface area contributed by atoms with Crippen LogP contribution >= 0.6 is 22.6 Å². The van der Waals surface area contributed by atoms with Crippen molar-refractivity contribution in [2.45, 2.75) is 13.8 Å². The highest BCUT2D eigenvalue weighted by molar-refractivity contribution is 14.1. The summed E-state index contributed by atoms with van der Waals surface area (Å²) in [6, 6.07) is 2.85. The van der Waals surface area contributed by atoms with Crippen molar-refractivity contribution in [1.82, 2.24) is 0 Å². The first-order valence-corrected chi connectivity index (χ1v) is 5.39. The summed E-state index contributed by atoms with van der Waals surface area (Å²) in [5.41, 5.74) is 0.872. The first-order chi connectivity index (χ1) is 6.65. The lowest BCUT2D eigenvalue weighted by Crippen LogP contribution is -2.04. The molecule has 0 unspecified atom stereocenters. The summed E-state index contributed by atoms with van der Waals surface area (Å²) < 4.78 is 24.2. The van der Waals surface area contributed by atoms with E-state index in [0.29, 0.717) is 12.4 Å². The van der Waals surface area contributed by atoms with Gasteiger partial charge in [0.25, 0.3) is 0 Å². The smallest absolute Gasteiger partial charge is 0.189 e. The molecule has 0 atom stereocenters. The Kier molecular flexibility index (Phi) is 4.60. The Balaban J connectivity index is 2.75. The number of ether oxygens (including phenoxy) is 2. The van der Waals surface area contributed by atoms with Crippen molar-refractivity contribution in [2.75, 3.05) is 13.4 Å². The van der Waals surface area contributed by atoms with Crippen LogP contribution in [-0.2, 0) is 4.74 Å². The molecule has 1 aromatic carbocycles. The molecular formula is C10H12FIO2. The summed E-state index contributed by atoms with van der Waals surface area (Å²) in [7, 11) is 0. The molecule has 0 radical (unpaired) electrons. The van der Waals surface area contributed by atoms with Crippen molar-refractivity contribution < 1.29 is 13.9 Å². The summed E-state index contributed by atoms with van der Waals surface area (Å²) in [5.74, 6) is 0.256. The molecule has 0 aliphatic carbocycles. The zero-order valence-corrected chi connectivity index (χ0v) is 10.3. The molecule has 0 N–H and O–H groups in total. The highest BCUT2D eigenvalue weighted by atomic mass is 127. The minimum absolute atomic E-state index is 0.162. The molecule has 0 aromatic heterocycles. The fraction of sp³-hybridized carbons (Fsp3) is 0.400. The summed E-state index contributed by atoms with van der Waals surface area (Å²) >= 11 is 2.13. The summed E-state index contributed by atoms with van der Waals surface area (Å²) in [6.45, 7) is 4.48. The number of hydrogen-bond donors (Lipinski definition) is 0. The molecule has 0 spiro atoms. The first kappa shape index (κ1) is 11.7. The first-order valence-electron chi connectivity index (χ1n) is 4.31. The van der Waals surface area contributed by atoms with Crippen molar-refractivity contribution in [3.05, 3.63) is 27.1 Å². The summed E-state index contributed by atoms with van der Waals surface area (Å²) in [6.07, 6.45) is 0. The van der Waals surface area contributed by atoms with Gasteiger partial charge in [-0.25, -0.2) is 4.39 Å². The largest absolute Gasteiger partial charge is 0.466 e. The second kappa shape index (κ2) is 5.50. The Bertz CT molecular complexity index is 315. The molecule has 0 bridgehead atoms. The number of aryl methyl sites for hydroxylation is 1. The molecule has 1 aromatic rings. The second-order valence-electron chi connectivity index (χ2n) is 2.79. The average molecular weight is 310 g/mol. The third-order valence-corrected chi connectivity index (χ3v) is 3.07. The Morgan fingerprint density at radius 2 is 2.14 bits per heavy atom. The number of halogens is 2. The van der Waals surface area contributed by atoms with Crippen LogP contribution < -0.4 is 4.74 Å². The Morgan fingerprint density at radius 1 is 1.43 bits per heavy atom. The van der Waals surface area contributed by atoms with Crippen LogP contribution in [-0.4, -0.2) is 13.4 Å². The fourth-order valence-electron chi connectivity index (χ4n) is 0.988. The van der Waals surface area contributed by atoms with Crippen LogP contribution in [0.3, 0.4) is 0 Å². The maximum atomic E-state index is 13.0. The van der Waals surface area contributed by atoms with E-state index in [1.165, 1.54) is 12.1 Å². The van der Waals surface area contributed by atoms with Gasteiger partial charge < -0.3 is 9.47 Å². The van der Waals surface area contributed by atoms with Gasteiger partial charge in [-0.05, 0) is 48.1 Å². The van der Waals surface area contributed by atoms with Gasteiger partial charge in [-0.15, -0.1) is 0 Å². The van der Waals surface area contributed by atoms with E-state index in [9.17, 15) is 4.39 Å². The molecule has 2 nitrogen and oxygen atoms in total. The monoisotopic (exact) mass is 310 g/mol. The fourth-order valence-corrected chi connectivity index (χ4v) is 1.46. The standard InChI is InChI=1S/C10H12FIO2/c1-3-13-6-14-9-5-8(11)4-7(2)10(9)12/h4-5H,3,6H2,1-2H3. The molecule has 0 saturated carbocycles. The maximum absolute atomic E-state index is 13.0. The van der Waals surface area contributed by atoms with Gasteiger partial charge in [0.1, 0.15) is 11.6 Å². The SMILES string of the molecule is CCOCOc1cc(F)cc(C)c1I. The zero-order chi connectivity index (χ0) is 10.6. The van der Waals surface area contributed by atoms with Crippen LogP contribution in [0, 0.1) is 16.3 Å². The molecule has 0 amide bonds. The van der Waals surface area contributed by atoms with E-state index in [0.717, 1.165) is 9.13 Å². The van der Waals surface area contributed by atoms with Gasteiger partial charge in [0.15, 0.2) is 6.79 Å². The van der Waals surface area contributed by atoms with Crippen LogP contribution in [0.15, 0.2) is 12.1 Å². The molecule has 0 heterocycles. The predicted molar refractivity (Wildman–Crippen MR) is 61.0 cm³/mol. The van der Waals surface area contributed by atoms with Crippen molar-refractivity contribution in [3.63, 3.8) is 0 Å². The molecule has 0 aliphatic heterocycles. The zero-order valence-electron chi connectivity index (χ0n) is 8.14. The third-order valence-electron chi connectivity index (χ3n) is 1.69. The highest BCUT2D eigenvalue weighted by Crippen LogP contribution is 2.25. The maximum Gasteiger partial charge on any atom is 0.189 e. The van der Waals surface area contributed by atoms with Gasteiger partial charge >= 0.3 is 0 Å². The Labute approximate surface area is 96.5 Å². The number of benzene rings is 1. The lowest BCUT2D eigenvalue weighted by Gasteiger charge is -2.09. The topological polar surface area (TPSA) is 18.5 Å². The van der Waals surface area contributed by atoms with Crippen molar-refractivity contribution >= 4 is 22.6 Å². The van der Waals surface area contributed by atoms with Crippen LogP contribution in [0.2, 0.25) is 0 Å². The van der Waals surface area contributed by atoms with Crippen LogP contribution in [0.4, 0.5) is 4.39 Å². The van der Waals surface area contributed by atoms with E-state index in [1.54, 1.807) is 0 Å².